The highest BCUT2D eigenvalue weighted by Crippen LogP contribution is 2.22. The molecule has 5 nitrogen and oxygen atoms in total. The smallest absolute Gasteiger partial charge is 0.344 e. The maximum atomic E-state index is 12.4. The number of ether oxygens (including phenoxy) is 2. The van der Waals surface area contributed by atoms with Gasteiger partial charge in [0.1, 0.15) is 5.75 Å². The fourth-order valence-electron chi connectivity index (χ4n) is 3.05. The summed E-state index contributed by atoms with van der Waals surface area (Å²) in [5, 5.41) is 2.84. The predicted octanol–water partition coefficient (Wildman–Crippen LogP) is 4.18. The first-order valence-electron chi connectivity index (χ1n) is 8.95. The zero-order chi connectivity index (χ0) is 20.1. The van der Waals surface area contributed by atoms with Crippen molar-refractivity contribution in [3.05, 3.63) is 58.1 Å². The van der Waals surface area contributed by atoms with Crippen molar-refractivity contribution in [2.45, 2.75) is 47.6 Å². The SMILES string of the molecule is Cc1cc(C)cc(OCC(=O)O[C@@H](C)C(=O)Nc2c(C)cc(C)cc2C)c1. The van der Waals surface area contributed by atoms with Gasteiger partial charge in [-0.15, -0.1) is 0 Å². The molecule has 0 aliphatic carbocycles. The number of aryl methyl sites for hydroxylation is 5. The molecule has 0 aliphatic rings. The second-order valence-electron chi connectivity index (χ2n) is 7.01. The molecule has 27 heavy (non-hydrogen) atoms. The van der Waals surface area contributed by atoms with Crippen LogP contribution in [0.3, 0.4) is 0 Å². The molecule has 0 bridgehead atoms. The van der Waals surface area contributed by atoms with Crippen LogP contribution in [0.2, 0.25) is 0 Å². The van der Waals surface area contributed by atoms with Gasteiger partial charge in [-0.25, -0.2) is 4.79 Å². The maximum absolute atomic E-state index is 12.4. The predicted molar refractivity (Wildman–Crippen MR) is 106 cm³/mol. The molecule has 2 aromatic carbocycles. The van der Waals surface area contributed by atoms with E-state index in [1.807, 2.05) is 65.0 Å². The lowest BCUT2D eigenvalue weighted by Crippen LogP contribution is -2.32. The zero-order valence-electron chi connectivity index (χ0n) is 16.8. The molecule has 0 aliphatic heterocycles. The van der Waals surface area contributed by atoms with Gasteiger partial charge in [0.15, 0.2) is 12.7 Å². The van der Waals surface area contributed by atoms with Crippen LogP contribution in [0, 0.1) is 34.6 Å². The van der Waals surface area contributed by atoms with Gasteiger partial charge in [0.05, 0.1) is 0 Å². The Morgan fingerprint density at radius 3 is 1.96 bits per heavy atom. The standard InChI is InChI=1S/C22H27NO4/c1-13-7-14(2)11-19(10-13)26-12-20(24)27-18(6)22(25)23-21-16(4)8-15(3)9-17(21)5/h7-11,18H,12H2,1-6H3,(H,23,25)/t18-/m0/s1. The van der Waals surface area contributed by atoms with Gasteiger partial charge in [0.2, 0.25) is 0 Å². The number of carbonyl (C=O) groups is 2. The van der Waals surface area contributed by atoms with Crippen molar-refractivity contribution in [2.24, 2.45) is 0 Å². The van der Waals surface area contributed by atoms with Crippen molar-refractivity contribution in [2.75, 3.05) is 11.9 Å². The van der Waals surface area contributed by atoms with Crippen molar-refractivity contribution in [1.29, 1.82) is 0 Å². The summed E-state index contributed by atoms with van der Waals surface area (Å²) in [7, 11) is 0. The Hall–Kier alpha value is -2.82. The van der Waals surface area contributed by atoms with Crippen LogP contribution >= 0.6 is 0 Å². The monoisotopic (exact) mass is 369 g/mol. The quantitative estimate of drug-likeness (QED) is 0.776. The van der Waals surface area contributed by atoms with Gasteiger partial charge in [-0.1, -0.05) is 23.8 Å². The summed E-state index contributed by atoms with van der Waals surface area (Å²) < 4.78 is 10.7. The average molecular weight is 369 g/mol. The lowest BCUT2D eigenvalue weighted by molar-refractivity contribution is -0.155. The molecule has 1 atom stereocenters. The van der Waals surface area contributed by atoms with E-state index in [4.69, 9.17) is 9.47 Å². The van der Waals surface area contributed by atoms with E-state index in [-0.39, 0.29) is 12.5 Å². The summed E-state index contributed by atoms with van der Waals surface area (Å²) in [4.78, 5) is 24.4. The molecule has 5 heteroatoms. The van der Waals surface area contributed by atoms with E-state index in [9.17, 15) is 9.59 Å². The van der Waals surface area contributed by atoms with Gasteiger partial charge in [-0.2, -0.15) is 0 Å². The van der Waals surface area contributed by atoms with Crippen molar-refractivity contribution < 1.29 is 19.1 Å². The molecule has 0 aromatic heterocycles. The van der Waals surface area contributed by atoms with Gasteiger partial charge in [0.25, 0.3) is 5.91 Å². The summed E-state index contributed by atoms with van der Waals surface area (Å²) in [5.41, 5.74) is 5.92. The van der Waals surface area contributed by atoms with Crippen LogP contribution < -0.4 is 10.1 Å². The minimum Gasteiger partial charge on any atom is -0.482 e. The first-order chi connectivity index (χ1) is 12.7. The van der Waals surface area contributed by atoms with Crippen LogP contribution in [-0.2, 0) is 14.3 Å². The summed E-state index contributed by atoms with van der Waals surface area (Å²) in [6.45, 7) is 11.1. The first kappa shape index (κ1) is 20.5. The molecule has 0 fully saturated rings. The number of benzene rings is 2. The van der Waals surface area contributed by atoms with Crippen LogP contribution in [-0.4, -0.2) is 24.6 Å². The van der Waals surface area contributed by atoms with E-state index in [1.165, 1.54) is 0 Å². The van der Waals surface area contributed by atoms with Crippen LogP contribution in [0.1, 0.15) is 34.7 Å². The molecule has 2 aromatic rings. The van der Waals surface area contributed by atoms with Crippen LogP contribution in [0.4, 0.5) is 5.69 Å². The van der Waals surface area contributed by atoms with Crippen molar-refractivity contribution in [1.82, 2.24) is 0 Å². The Kier molecular flexibility index (Phi) is 6.61. The van der Waals surface area contributed by atoms with E-state index in [0.717, 1.165) is 33.5 Å². The largest absolute Gasteiger partial charge is 0.482 e. The Labute approximate surface area is 160 Å². The normalized spacial score (nSPS) is 11.6. The average Bonchev–Trinajstić information content (AvgIpc) is 2.55. The van der Waals surface area contributed by atoms with Crippen LogP contribution in [0.25, 0.3) is 0 Å². The van der Waals surface area contributed by atoms with E-state index >= 15 is 0 Å². The van der Waals surface area contributed by atoms with Crippen molar-refractivity contribution in [3.63, 3.8) is 0 Å². The summed E-state index contributed by atoms with van der Waals surface area (Å²) >= 11 is 0. The molecule has 0 heterocycles. The first-order valence-corrected chi connectivity index (χ1v) is 8.95. The summed E-state index contributed by atoms with van der Waals surface area (Å²) in [6, 6.07) is 9.71. The highest BCUT2D eigenvalue weighted by atomic mass is 16.6. The van der Waals surface area contributed by atoms with E-state index in [1.54, 1.807) is 6.92 Å². The number of nitrogens with one attached hydrogen (secondary N) is 1. The number of anilines is 1. The lowest BCUT2D eigenvalue weighted by atomic mass is 10.0. The van der Waals surface area contributed by atoms with Gasteiger partial charge in [0, 0.05) is 5.69 Å². The second kappa shape index (κ2) is 8.71. The number of amides is 1. The Morgan fingerprint density at radius 2 is 1.41 bits per heavy atom. The number of esters is 1. The fraction of sp³-hybridized carbons (Fsp3) is 0.364. The molecule has 1 N–H and O–H groups in total. The van der Waals surface area contributed by atoms with Gasteiger partial charge in [-0.05, 0) is 75.9 Å². The molecular weight excluding hydrogens is 342 g/mol. The maximum Gasteiger partial charge on any atom is 0.344 e. The third-order valence-corrected chi connectivity index (χ3v) is 4.15. The highest BCUT2D eigenvalue weighted by Gasteiger charge is 2.19. The van der Waals surface area contributed by atoms with Crippen molar-refractivity contribution in [3.8, 4) is 5.75 Å². The fourth-order valence-corrected chi connectivity index (χ4v) is 3.05. The third-order valence-electron chi connectivity index (χ3n) is 4.15. The molecule has 2 rings (SSSR count). The molecule has 1 amide bonds. The Morgan fingerprint density at radius 1 is 0.889 bits per heavy atom. The van der Waals surface area contributed by atoms with E-state index in [0.29, 0.717) is 5.75 Å². The third kappa shape index (κ3) is 5.84. The Bertz CT molecular complexity index is 814. The molecule has 144 valence electrons. The molecule has 0 saturated heterocycles. The summed E-state index contributed by atoms with van der Waals surface area (Å²) in [5.74, 6) is -0.355. The second-order valence-corrected chi connectivity index (χ2v) is 7.01. The number of carbonyl (C=O) groups excluding carboxylic acids is 2. The van der Waals surface area contributed by atoms with E-state index < -0.39 is 12.1 Å². The number of rotatable bonds is 6. The Balaban J connectivity index is 1.91. The molecule has 0 saturated carbocycles. The topological polar surface area (TPSA) is 64.6 Å². The van der Waals surface area contributed by atoms with Gasteiger partial charge < -0.3 is 14.8 Å². The van der Waals surface area contributed by atoms with Crippen molar-refractivity contribution >= 4 is 17.6 Å². The zero-order valence-corrected chi connectivity index (χ0v) is 16.8. The number of hydrogen-bond donors (Lipinski definition) is 1. The number of hydrogen-bond acceptors (Lipinski definition) is 4. The van der Waals surface area contributed by atoms with Crippen LogP contribution in [0.15, 0.2) is 30.3 Å². The molecular formula is C22H27NO4. The molecule has 0 unspecified atom stereocenters. The van der Waals surface area contributed by atoms with Crippen LogP contribution in [0.5, 0.6) is 5.75 Å². The van der Waals surface area contributed by atoms with E-state index in [2.05, 4.69) is 5.32 Å². The molecule has 0 radical (unpaired) electrons. The minimum absolute atomic E-state index is 0.247. The van der Waals surface area contributed by atoms with Gasteiger partial charge >= 0.3 is 5.97 Å². The minimum atomic E-state index is -0.916. The molecule has 0 spiro atoms. The summed E-state index contributed by atoms with van der Waals surface area (Å²) in [6.07, 6.45) is -0.916. The highest BCUT2D eigenvalue weighted by molar-refractivity contribution is 5.96. The van der Waals surface area contributed by atoms with Gasteiger partial charge in [-0.3, -0.25) is 4.79 Å². The lowest BCUT2D eigenvalue weighted by Gasteiger charge is -2.17.